The van der Waals surface area contributed by atoms with Gasteiger partial charge in [-0.2, -0.15) is 0 Å². The van der Waals surface area contributed by atoms with Crippen molar-refractivity contribution in [3.05, 3.63) is 21.8 Å². The Bertz CT molecular complexity index is 616. The van der Waals surface area contributed by atoms with E-state index in [4.69, 9.17) is 0 Å². The predicted octanol–water partition coefficient (Wildman–Crippen LogP) is -0.0885. The number of hydrogen-bond acceptors (Lipinski definition) is 3. The molecule has 0 unspecified atom stereocenters. The largest absolute Gasteiger partial charge is 0.291 e. The molecule has 0 fully saturated rings. The molecule has 2 aromatic heterocycles. The fraction of sp³-hybridized carbons (Fsp3) is 0.222. The summed E-state index contributed by atoms with van der Waals surface area (Å²) in [5, 5.41) is 8.52. The molecule has 0 atom stereocenters. The maximum Gasteiger partial charge on any atom is 0.291 e. The van der Waals surface area contributed by atoms with Crippen LogP contribution in [0, 0.1) is 0 Å². The van der Waals surface area contributed by atoms with Gasteiger partial charge in [0.15, 0.2) is 12.1 Å². The van der Waals surface area contributed by atoms with Gasteiger partial charge in [0.2, 0.25) is 6.20 Å². The van der Waals surface area contributed by atoms with Gasteiger partial charge in [-0.25, -0.2) is 8.78 Å². The Hall–Kier alpha value is -1.63. The third-order valence-electron chi connectivity index (χ3n) is 2.08. The zero-order valence-electron chi connectivity index (χ0n) is 8.52. The number of halogens is 2. The van der Waals surface area contributed by atoms with Crippen molar-refractivity contribution in [1.29, 1.82) is 0 Å². The van der Waals surface area contributed by atoms with Gasteiger partial charge in [-0.05, 0) is 0 Å². The maximum absolute atomic E-state index is 12.4. The summed E-state index contributed by atoms with van der Waals surface area (Å²) in [5.41, 5.74) is 0. The summed E-state index contributed by atoms with van der Waals surface area (Å²) >= 11 is 0.838. The van der Waals surface area contributed by atoms with Crippen molar-refractivity contribution in [2.24, 2.45) is 7.05 Å². The Morgan fingerprint density at radius 3 is 2.56 bits per heavy atom. The molecule has 16 heavy (non-hydrogen) atoms. The highest BCUT2D eigenvalue weighted by molar-refractivity contribution is 7.13. The van der Waals surface area contributed by atoms with E-state index in [0.717, 1.165) is 16.6 Å². The van der Waals surface area contributed by atoms with Crippen molar-refractivity contribution in [2.45, 2.75) is 6.43 Å². The van der Waals surface area contributed by atoms with Crippen molar-refractivity contribution in [1.82, 2.24) is 14.9 Å². The van der Waals surface area contributed by atoms with E-state index in [9.17, 15) is 8.78 Å². The minimum atomic E-state index is -2.60. The van der Waals surface area contributed by atoms with Crippen LogP contribution in [0.3, 0.4) is 0 Å². The van der Waals surface area contributed by atoms with Crippen molar-refractivity contribution < 1.29 is 13.5 Å². The first kappa shape index (κ1) is 10.9. The number of rotatable bonds is 2. The first-order valence-electron chi connectivity index (χ1n) is 4.38. The Morgan fingerprint density at radius 1 is 1.44 bits per heavy atom. The highest BCUT2D eigenvalue weighted by Gasteiger charge is 2.19. The number of aromatic nitrogens is 4. The van der Waals surface area contributed by atoms with Crippen molar-refractivity contribution in [3.8, 4) is 5.13 Å². The summed E-state index contributed by atoms with van der Waals surface area (Å²) < 4.78 is 28.0. The SMILES string of the molecule is C=c1c[n+](C)n(-c2nnc(C(F)F)s2)c1=C. The fourth-order valence-corrected chi connectivity index (χ4v) is 2.10. The maximum atomic E-state index is 12.4. The molecule has 0 aliphatic carbocycles. The van der Waals surface area contributed by atoms with E-state index in [1.807, 2.05) is 0 Å². The summed E-state index contributed by atoms with van der Waals surface area (Å²) in [6, 6.07) is 0. The van der Waals surface area contributed by atoms with E-state index in [1.54, 1.807) is 22.6 Å². The zero-order chi connectivity index (χ0) is 11.9. The average Bonchev–Trinajstić information content (AvgIpc) is 2.74. The highest BCUT2D eigenvalue weighted by atomic mass is 32.1. The van der Waals surface area contributed by atoms with E-state index in [1.165, 1.54) is 0 Å². The molecule has 2 aromatic rings. The first-order valence-corrected chi connectivity index (χ1v) is 5.20. The first-order chi connectivity index (χ1) is 7.50. The van der Waals surface area contributed by atoms with Gasteiger partial charge in [0, 0.05) is 0 Å². The third kappa shape index (κ3) is 1.63. The van der Waals surface area contributed by atoms with Gasteiger partial charge in [-0.1, -0.05) is 29.2 Å². The quantitative estimate of drug-likeness (QED) is 0.691. The van der Waals surface area contributed by atoms with Crippen molar-refractivity contribution in [3.63, 3.8) is 0 Å². The van der Waals surface area contributed by atoms with Gasteiger partial charge < -0.3 is 0 Å². The van der Waals surface area contributed by atoms with Crippen LogP contribution in [0.15, 0.2) is 6.20 Å². The Kier molecular flexibility index (Phi) is 2.55. The minimum Gasteiger partial charge on any atom is -0.202 e. The van der Waals surface area contributed by atoms with Gasteiger partial charge in [0.05, 0.1) is 5.22 Å². The van der Waals surface area contributed by atoms with E-state index < -0.39 is 6.43 Å². The summed E-state index contributed by atoms with van der Waals surface area (Å²) in [5.74, 6) is 0. The Balaban J connectivity index is 2.59. The molecule has 0 amide bonds. The average molecular weight is 243 g/mol. The molecule has 0 aliphatic rings. The standard InChI is InChI=1S/C9H9F2N4S/c1-5-4-14(3)15(6(5)2)9-13-12-8(16-9)7(10)11/h4,7H,1-2H2,3H3/q+1. The van der Waals surface area contributed by atoms with Gasteiger partial charge in [0.1, 0.15) is 5.35 Å². The van der Waals surface area contributed by atoms with Gasteiger partial charge >= 0.3 is 0 Å². The van der Waals surface area contributed by atoms with Crippen LogP contribution >= 0.6 is 11.3 Å². The molecule has 0 bridgehead atoms. The third-order valence-corrected chi connectivity index (χ3v) is 2.99. The van der Waals surface area contributed by atoms with Crippen LogP contribution in [0.1, 0.15) is 11.4 Å². The molecule has 2 rings (SSSR count). The van der Waals surface area contributed by atoms with Crippen LogP contribution in [-0.2, 0) is 7.05 Å². The molecular weight excluding hydrogens is 234 g/mol. The van der Waals surface area contributed by atoms with Gasteiger partial charge in [0.25, 0.3) is 11.6 Å². The van der Waals surface area contributed by atoms with E-state index in [2.05, 4.69) is 23.4 Å². The second-order valence-corrected chi connectivity index (χ2v) is 4.20. The summed E-state index contributed by atoms with van der Waals surface area (Å²) in [4.78, 5) is 0. The van der Waals surface area contributed by atoms with Crippen LogP contribution < -0.4 is 15.2 Å². The van der Waals surface area contributed by atoms with Crippen LogP contribution in [0.5, 0.6) is 0 Å². The predicted molar refractivity (Wildman–Crippen MR) is 55.7 cm³/mol. The molecule has 0 N–H and O–H groups in total. The Labute approximate surface area is 93.8 Å². The molecule has 0 aromatic carbocycles. The molecule has 0 saturated carbocycles. The van der Waals surface area contributed by atoms with Gasteiger partial charge in [-0.3, -0.25) is 0 Å². The van der Waals surface area contributed by atoms with Crippen LogP contribution in [0.2, 0.25) is 0 Å². The zero-order valence-corrected chi connectivity index (χ0v) is 9.34. The molecule has 0 radical (unpaired) electrons. The molecule has 7 heteroatoms. The second-order valence-electron chi connectivity index (χ2n) is 3.21. The highest BCUT2D eigenvalue weighted by Crippen LogP contribution is 2.22. The lowest BCUT2D eigenvalue weighted by Crippen LogP contribution is -2.41. The number of hydrogen-bond donors (Lipinski definition) is 0. The molecule has 0 aliphatic heterocycles. The summed E-state index contributed by atoms with van der Waals surface area (Å²) in [6.07, 6.45) is -0.856. The number of aryl methyl sites for hydroxylation is 1. The lowest BCUT2D eigenvalue weighted by molar-refractivity contribution is -0.745. The normalized spacial score (nSPS) is 11.2. The van der Waals surface area contributed by atoms with E-state index in [-0.39, 0.29) is 5.01 Å². The topological polar surface area (TPSA) is 34.6 Å². The second kappa shape index (κ2) is 3.75. The smallest absolute Gasteiger partial charge is 0.202 e. The Morgan fingerprint density at radius 2 is 2.12 bits per heavy atom. The van der Waals surface area contributed by atoms with E-state index >= 15 is 0 Å². The summed E-state index contributed by atoms with van der Waals surface area (Å²) in [7, 11) is 1.76. The van der Waals surface area contributed by atoms with Crippen molar-refractivity contribution >= 4 is 24.5 Å². The number of nitrogens with zero attached hydrogens (tertiary/aromatic N) is 4. The molecule has 0 saturated heterocycles. The van der Waals surface area contributed by atoms with Crippen LogP contribution in [0.4, 0.5) is 8.78 Å². The molecule has 2 heterocycles. The monoisotopic (exact) mass is 243 g/mol. The fourth-order valence-electron chi connectivity index (χ4n) is 1.33. The van der Waals surface area contributed by atoms with Crippen LogP contribution in [-0.4, -0.2) is 14.9 Å². The molecule has 84 valence electrons. The molecular formula is C9H9F2N4S+. The van der Waals surface area contributed by atoms with E-state index in [0.29, 0.717) is 10.5 Å². The lowest BCUT2D eigenvalue weighted by atomic mass is 10.5. The molecule has 4 nitrogen and oxygen atoms in total. The number of alkyl halides is 2. The summed E-state index contributed by atoms with van der Waals surface area (Å²) in [6.45, 7) is 7.58. The van der Waals surface area contributed by atoms with Crippen molar-refractivity contribution in [2.75, 3.05) is 0 Å². The molecule has 0 spiro atoms. The lowest BCUT2D eigenvalue weighted by Gasteiger charge is -1.92. The van der Waals surface area contributed by atoms with Crippen LogP contribution in [0.25, 0.3) is 18.3 Å². The minimum absolute atomic E-state index is 0.297. The van der Waals surface area contributed by atoms with Gasteiger partial charge in [-0.15, -0.1) is 14.9 Å².